The van der Waals surface area contributed by atoms with E-state index in [-0.39, 0.29) is 5.60 Å². The Morgan fingerprint density at radius 2 is 2.00 bits per heavy atom. The Bertz CT molecular complexity index is 243. The lowest BCUT2D eigenvalue weighted by molar-refractivity contribution is -0.156. The van der Waals surface area contributed by atoms with Crippen LogP contribution in [0.4, 0.5) is 0 Å². The summed E-state index contributed by atoms with van der Waals surface area (Å²) in [6.45, 7) is 3.11. The first kappa shape index (κ1) is 7.81. The van der Waals surface area contributed by atoms with Crippen LogP contribution in [-0.2, 0) is 10.3 Å². The summed E-state index contributed by atoms with van der Waals surface area (Å²) in [4.78, 5) is 0. The summed E-state index contributed by atoms with van der Waals surface area (Å²) < 4.78 is 5.65. The molecule has 1 heterocycles. The van der Waals surface area contributed by atoms with Crippen LogP contribution in [0.2, 0.25) is 0 Å². The normalized spacial score (nSPS) is 28.1. The molecule has 1 atom stereocenters. The van der Waals surface area contributed by atoms with Crippen LogP contribution >= 0.6 is 0 Å². The molecule has 1 heteroatoms. The monoisotopic (exact) mass is 162 g/mol. The van der Waals surface area contributed by atoms with E-state index in [0.717, 1.165) is 13.0 Å². The van der Waals surface area contributed by atoms with E-state index in [1.54, 1.807) is 0 Å². The molecule has 64 valence electrons. The Kier molecular flexibility index (Phi) is 1.89. The predicted molar refractivity (Wildman–Crippen MR) is 49.0 cm³/mol. The van der Waals surface area contributed by atoms with E-state index in [1.165, 1.54) is 12.0 Å². The van der Waals surface area contributed by atoms with E-state index in [1.807, 2.05) is 6.07 Å². The van der Waals surface area contributed by atoms with Crippen molar-refractivity contribution >= 4 is 0 Å². The van der Waals surface area contributed by atoms with Gasteiger partial charge in [0.2, 0.25) is 0 Å². The largest absolute Gasteiger partial charge is 0.370 e. The number of benzene rings is 1. The number of ether oxygens (including phenoxy) is 1. The molecule has 1 fully saturated rings. The van der Waals surface area contributed by atoms with Gasteiger partial charge in [-0.15, -0.1) is 0 Å². The molecule has 1 nitrogen and oxygen atoms in total. The van der Waals surface area contributed by atoms with Crippen LogP contribution in [0.15, 0.2) is 30.3 Å². The second kappa shape index (κ2) is 2.91. The van der Waals surface area contributed by atoms with Crippen LogP contribution in [0.5, 0.6) is 0 Å². The van der Waals surface area contributed by atoms with Crippen molar-refractivity contribution in [3.05, 3.63) is 35.9 Å². The molecule has 0 aliphatic carbocycles. The predicted octanol–water partition coefficient (Wildman–Crippen LogP) is 2.71. The average Bonchev–Trinajstić information content (AvgIpc) is 2.05. The third-order valence-electron chi connectivity index (χ3n) is 2.76. The molecule has 0 spiro atoms. The van der Waals surface area contributed by atoms with Crippen LogP contribution in [0.1, 0.15) is 25.3 Å². The van der Waals surface area contributed by atoms with Crippen molar-refractivity contribution in [1.29, 1.82) is 0 Å². The molecule has 0 saturated carbocycles. The molecule has 0 N–H and O–H groups in total. The lowest BCUT2D eigenvalue weighted by Crippen LogP contribution is -2.40. The molecule has 1 aromatic carbocycles. The zero-order valence-electron chi connectivity index (χ0n) is 7.42. The topological polar surface area (TPSA) is 9.23 Å². The van der Waals surface area contributed by atoms with Gasteiger partial charge in [0.25, 0.3) is 0 Å². The highest BCUT2D eigenvalue weighted by Crippen LogP contribution is 2.39. The standard InChI is InChI=1S/C11H14O/c1-2-11(8-9-12-11)10-6-4-3-5-7-10/h3-7H,2,8-9H2,1H3. The number of hydrogen-bond acceptors (Lipinski definition) is 1. The molecule has 0 aromatic heterocycles. The van der Waals surface area contributed by atoms with Crippen LogP contribution in [0.3, 0.4) is 0 Å². The van der Waals surface area contributed by atoms with Crippen LogP contribution in [-0.4, -0.2) is 6.61 Å². The first-order chi connectivity index (χ1) is 5.87. The van der Waals surface area contributed by atoms with Gasteiger partial charge in [0.15, 0.2) is 0 Å². The second-order valence-corrected chi connectivity index (χ2v) is 3.31. The van der Waals surface area contributed by atoms with Crippen LogP contribution in [0.25, 0.3) is 0 Å². The van der Waals surface area contributed by atoms with Gasteiger partial charge in [-0.3, -0.25) is 0 Å². The summed E-state index contributed by atoms with van der Waals surface area (Å²) in [6.07, 6.45) is 2.25. The second-order valence-electron chi connectivity index (χ2n) is 3.31. The van der Waals surface area contributed by atoms with Crippen molar-refractivity contribution in [2.24, 2.45) is 0 Å². The molecule has 1 saturated heterocycles. The fourth-order valence-corrected chi connectivity index (χ4v) is 1.80. The highest BCUT2D eigenvalue weighted by Gasteiger charge is 2.37. The molecule has 12 heavy (non-hydrogen) atoms. The molecule has 2 rings (SSSR count). The maximum atomic E-state index is 5.65. The minimum Gasteiger partial charge on any atom is -0.370 e. The molecule has 1 aromatic rings. The molecular weight excluding hydrogens is 148 g/mol. The quantitative estimate of drug-likeness (QED) is 0.649. The molecule has 0 bridgehead atoms. The Balaban J connectivity index is 2.28. The summed E-state index contributed by atoms with van der Waals surface area (Å²) in [7, 11) is 0. The van der Waals surface area contributed by atoms with Gasteiger partial charge >= 0.3 is 0 Å². The van der Waals surface area contributed by atoms with Gasteiger partial charge in [0.05, 0.1) is 12.2 Å². The van der Waals surface area contributed by atoms with Gasteiger partial charge < -0.3 is 4.74 Å². The Morgan fingerprint density at radius 1 is 1.33 bits per heavy atom. The first-order valence-corrected chi connectivity index (χ1v) is 4.57. The Morgan fingerprint density at radius 3 is 2.42 bits per heavy atom. The molecule has 0 radical (unpaired) electrons. The fraction of sp³-hybridized carbons (Fsp3) is 0.455. The maximum Gasteiger partial charge on any atom is 0.0950 e. The van der Waals surface area contributed by atoms with Gasteiger partial charge in [0, 0.05) is 6.42 Å². The highest BCUT2D eigenvalue weighted by molar-refractivity contribution is 5.24. The minimum atomic E-state index is 0.0568. The van der Waals surface area contributed by atoms with Gasteiger partial charge in [-0.2, -0.15) is 0 Å². The fourth-order valence-electron chi connectivity index (χ4n) is 1.80. The lowest BCUT2D eigenvalue weighted by Gasteiger charge is -2.41. The summed E-state index contributed by atoms with van der Waals surface area (Å²) in [5.74, 6) is 0. The Labute approximate surface area is 73.4 Å². The SMILES string of the molecule is CCC1(c2ccccc2)CCO1. The zero-order chi connectivity index (χ0) is 8.44. The van der Waals surface area contributed by atoms with E-state index in [9.17, 15) is 0 Å². The van der Waals surface area contributed by atoms with Crippen molar-refractivity contribution in [1.82, 2.24) is 0 Å². The van der Waals surface area contributed by atoms with Crippen molar-refractivity contribution in [3.63, 3.8) is 0 Å². The van der Waals surface area contributed by atoms with Crippen molar-refractivity contribution < 1.29 is 4.74 Å². The lowest BCUT2D eigenvalue weighted by atomic mass is 9.84. The third-order valence-corrected chi connectivity index (χ3v) is 2.76. The van der Waals surface area contributed by atoms with E-state index in [0.29, 0.717) is 0 Å². The molecule has 1 unspecified atom stereocenters. The maximum absolute atomic E-state index is 5.65. The van der Waals surface area contributed by atoms with Crippen molar-refractivity contribution in [2.45, 2.75) is 25.4 Å². The van der Waals surface area contributed by atoms with Gasteiger partial charge in [-0.05, 0) is 12.0 Å². The van der Waals surface area contributed by atoms with Gasteiger partial charge in [-0.1, -0.05) is 37.3 Å². The number of rotatable bonds is 2. The highest BCUT2D eigenvalue weighted by atomic mass is 16.5. The minimum absolute atomic E-state index is 0.0568. The Hall–Kier alpha value is -0.820. The average molecular weight is 162 g/mol. The van der Waals surface area contributed by atoms with E-state index < -0.39 is 0 Å². The van der Waals surface area contributed by atoms with Crippen molar-refractivity contribution in [3.8, 4) is 0 Å². The summed E-state index contributed by atoms with van der Waals surface area (Å²) in [5.41, 5.74) is 1.39. The van der Waals surface area contributed by atoms with E-state index in [2.05, 4.69) is 31.2 Å². The van der Waals surface area contributed by atoms with Gasteiger partial charge in [0.1, 0.15) is 0 Å². The molecule has 1 aliphatic heterocycles. The van der Waals surface area contributed by atoms with E-state index >= 15 is 0 Å². The van der Waals surface area contributed by atoms with Crippen LogP contribution in [0, 0.1) is 0 Å². The van der Waals surface area contributed by atoms with E-state index in [4.69, 9.17) is 4.74 Å². The zero-order valence-corrected chi connectivity index (χ0v) is 7.42. The molecule has 0 amide bonds. The molecule has 1 aliphatic rings. The molecular formula is C11H14O. The number of hydrogen-bond donors (Lipinski definition) is 0. The first-order valence-electron chi connectivity index (χ1n) is 4.57. The summed E-state index contributed by atoms with van der Waals surface area (Å²) in [5, 5.41) is 0. The third kappa shape index (κ3) is 1.05. The smallest absolute Gasteiger partial charge is 0.0950 e. The van der Waals surface area contributed by atoms with Crippen LogP contribution < -0.4 is 0 Å². The summed E-state index contributed by atoms with van der Waals surface area (Å²) in [6, 6.07) is 10.5. The summed E-state index contributed by atoms with van der Waals surface area (Å²) >= 11 is 0. The van der Waals surface area contributed by atoms with Gasteiger partial charge in [-0.25, -0.2) is 0 Å². The van der Waals surface area contributed by atoms with Crippen molar-refractivity contribution in [2.75, 3.05) is 6.61 Å².